The molecule has 1 unspecified atom stereocenters. The van der Waals surface area contributed by atoms with Crippen LogP contribution in [-0.4, -0.2) is 34.0 Å². The maximum Gasteiger partial charge on any atom is 0.243 e. The topological polar surface area (TPSA) is 75.7 Å². The number of amides is 1. The van der Waals surface area contributed by atoms with Gasteiger partial charge in [-0.3, -0.25) is 4.79 Å². The molecule has 1 aliphatic heterocycles. The van der Waals surface area contributed by atoms with E-state index in [4.69, 9.17) is 4.74 Å². The Labute approximate surface area is 149 Å². The molecule has 1 saturated heterocycles. The van der Waals surface area contributed by atoms with Gasteiger partial charge in [0.2, 0.25) is 15.9 Å². The van der Waals surface area contributed by atoms with Crippen LogP contribution in [0.4, 0.5) is 14.5 Å². The molecule has 1 N–H and O–H groups in total. The van der Waals surface area contributed by atoms with E-state index in [1.807, 2.05) is 0 Å². The van der Waals surface area contributed by atoms with Crippen LogP contribution in [0, 0.1) is 11.6 Å². The summed E-state index contributed by atoms with van der Waals surface area (Å²) in [7, 11) is -2.81. The average molecular weight is 382 g/mol. The number of sulfonamides is 1. The molecule has 1 fully saturated rings. The average Bonchev–Trinajstić information content (AvgIpc) is 2.96. The number of ether oxygens (including phenoxy) is 1. The van der Waals surface area contributed by atoms with Gasteiger partial charge in [-0.15, -0.1) is 0 Å². The van der Waals surface area contributed by atoms with Crippen LogP contribution < -0.4 is 14.4 Å². The lowest BCUT2D eigenvalue weighted by atomic mass is 10.3. The number of hydrogen-bond donors (Lipinski definition) is 1. The van der Waals surface area contributed by atoms with Gasteiger partial charge in [-0.05, 0) is 30.3 Å². The van der Waals surface area contributed by atoms with Gasteiger partial charge >= 0.3 is 0 Å². The Morgan fingerprint density at radius 1 is 1.19 bits per heavy atom. The SMILES string of the molecule is COc1cccc(N2CC(NS(=O)(=O)c3cc(F)ccc3F)CC2=O)c1. The van der Waals surface area contributed by atoms with Crippen molar-refractivity contribution in [1.82, 2.24) is 4.72 Å². The fourth-order valence-corrected chi connectivity index (χ4v) is 4.10. The minimum Gasteiger partial charge on any atom is -0.497 e. The zero-order valence-corrected chi connectivity index (χ0v) is 14.6. The van der Waals surface area contributed by atoms with E-state index in [0.29, 0.717) is 17.5 Å². The highest BCUT2D eigenvalue weighted by molar-refractivity contribution is 7.89. The van der Waals surface area contributed by atoms with E-state index in [1.165, 1.54) is 12.0 Å². The van der Waals surface area contributed by atoms with Crippen molar-refractivity contribution in [2.45, 2.75) is 17.4 Å². The summed E-state index contributed by atoms with van der Waals surface area (Å²) >= 11 is 0. The summed E-state index contributed by atoms with van der Waals surface area (Å²) in [6.45, 7) is 0.0716. The highest BCUT2D eigenvalue weighted by atomic mass is 32.2. The van der Waals surface area contributed by atoms with Crippen LogP contribution in [0.3, 0.4) is 0 Å². The number of nitrogens with zero attached hydrogens (tertiary/aromatic N) is 1. The van der Waals surface area contributed by atoms with Crippen molar-refractivity contribution >= 4 is 21.6 Å². The first-order valence-electron chi connectivity index (χ1n) is 7.72. The normalized spacial score (nSPS) is 17.6. The first kappa shape index (κ1) is 18.3. The fraction of sp³-hybridized carbons (Fsp3) is 0.235. The van der Waals surface area contributed by atoms with E-state index in [-0.39, 0.29) is 18.9 Å². The summed E-state index contributed by atoms with van der Waals surface area (Å²) in [6.07, 6.45) is -0.0899. The molecule has 1 aliphatic rings. The molecule has 138 valence electrons. The van der Waals surface area contributed by atoms with E-state index >= 15 is 0 Å². The third kappa shape index (κ3) is 3.68. The molecule has 6 nitrogen and oxygen atoms in total. The molecule has 1 heterocycles. The van der Waals surface area contributed by atoms with Crippen molar-refractivity contribution < 1.29 is 26.7 Å². The van der Waals surface area contributed by atoms with Crippen molar-refractivity contribution in [2.24, 2.45) is 0 Å². The van der Waals surface area contributed by atoms with Crippen molar-refractivity contribution in [3.8, 4) is 5.75 Å². The molecule has 3 rings (SSSR count). The molecule has 0 aliphatic carbocycles. The van der Waals surface area contributed by atoms with Crippen molar-refractivity contribution in [2.75, 3.05) is 18.6 Å². The van der Waals surface area contributed by atoms with E-state index in [1.54, 1.807) is 24.3 Å². The summed E-state index contributed by atoms with van der Waals surface area (Å²) in [4.78, 5) is 12.9. The van der Waals surface area contributed by atoms with Crippen LogP contribution in [0.25, 0.3) is 0 Å². The molecule has 26 heavy (non-hydrogen) atoms. The van der Waals surface area contributed by atoms with Gasteiger partial charge in [0.15, 0.2) is 0 Å². The summed E-state index contributed by atoms with van der Waals surface area (Å²) in [6, 6.07) is 8.20. The molecular formula is C17H16F2N2O4S. The minimum absolute atomic E-state index is 0.0716. The third-order valence-corrected chi connectivity index (χ3v) is 5.53. The van der Waals surface area contributed by atoms with Crippen LogP contribution in [0.5, 0.6) is 5.75 Å². The third-order valence-electron chi connectivity index (χ3n) is 3.99. The number of anilines is 1. The molecule has 0 bridgehead atoms. The molecule has 1 atom stereocenters. The lowest BCUT2D eigenvalue weighted by Crippen LogP contribution is -2.37. The van der Waals surface area contributed by atoms with E-state index in [0.717, 1.165) is 12.1 Å². The Balaban J connectivity index is 1.79. The van der Waals surface area contributed by atoms with Gasteiger partial charge in [-0.2, -0.15) is 0 Å². The predicted octanol–water partition coefficient (Wildman–Crippen LogP) is 2.06. The van der Waals surface area contributed by atoms with Crippen molar-refractivity contribution in [3.63, 3.8) is 0 Å². The highest BCUT2D eigenvalue weighted by Gasteiger charge is 2.34. The minimum atomic E-state index is -4.31. The van der Waals surface area contributed by atoms with Gasteiger partial charge in [0, 0.05) is 30.8 Å². The monoisotopic (exact) mass is 382 g/mol. The first-order chi connectivity index (χ1) is 12.3. The number of carbonyl (C=O) groups excluding carboxylic acids is 1. The molecule has 1 amide bonds. The predicted molar refractivity (Wildman–Crippen MR) is 90.4 cm³/mol. The molecular weight excluding hydrogens is 366 g/mol. The van der Waals surface area contributed by atoms with Crippen LogP contribution >= 0.6 is 0 Å². The number of carbonyl (C=O) groups is 1. The van der Waals surface area contributed by atoms with Crippen LogP contribution in [0.15, 0.2) is 47.4 Å². The molecule has 0 aromatic heterocycles. The van der Waals surface area contributed by atoms with Gasteiger partial charge in [-0.25, -0.2) is 21.9 Å². The summed E-state index contributed by atoms with van der Waals surface area (Å²) in [5, 5.41) is 0. The van der Waals surface area contributed by atoms with Crippen LogP contribution in [0.1, 0.15) is 6.42 Å². The maximum atomic E-state index is 13.8. The Morgan fingerprint density at radius 3 is 2.69 bits per heavy atom. The van der Waals surface area contributed by atoms with Gasteiger partial charge in [-0.1, -0.05) is 6.07 Å². The van der Waals surface area contributed by atoms with Crippen LogP contribution in [0.2, 0.25) is 0 Å². The van der Waals surface area contributed by atoms with Gasteiger partial charge in [0.05, 0.1) is 7.11 Å². The molecule has 9 heteroatoms. The maximum absolute atomic E-state index is 13.8. The number of nitrogens with one attached hydrogen (secondary N) is 1. The zero-order chi connectivity index (χ0) is 18.9. The van der Waals surface area contributed by atoms with Crippen molar-refractivity contribution in [1.29, 1.82) is 0 Å². The van der Waals surface area contributed by atoms with Gasteiger partial charge in [0.25, 0.3) is 0 Å². The van der Waals surface area contributed by atoms with E-state index < -0.39 is 32.6 Å². The Hall–Kier alpha value is -2.52. The summed E-state index contributed by atoms with van der Waals surface area (Å²) < 4.78 is 59.1. The quantitative estimate of drug-likeness (QED) is 0.859. The number of methoxy groups -OCH3 is 1. The second-order valence-electron chi connectivity index (χ2n) is 5.80. The van der Waals surface area contributed by atoms with Gasteiger partial charge < -0.3 is 9.64 Å². The van der Waals surface area contributed by atoms with Gasteiger partial charge in [0.1, 0.15) is 22.3 Å². The summed E-state index contributed by atoms with van der Waals surface area (Å²) in [5.41, 5.74) is 0.563. The molecule has 0 spiro atoms. The standard InChI is InChI=1S/C17H16F2N2O4S/c1-25-14-4-2-3-13(9-14)21-10-12(8-17(21)22)20-26(23,24)16-7-11(18)5-6-15(16)19/h2-7,9,12,20H,8,10H2,1H3. The zero-order valence-electron chi connectivity index (χ0n) is 13.8. The molecule has 0 radical (unpaired) electrons. The lowest BCUT2D eigenvalue weighted by Gasteiger charge is -2.18. The molecule has 2 aromatic rings. The first-order valence-corrected chi connectivity index (χ1v) is 9.20. The Kier molecular flexibility index (Phi) is 4.92. The lowest BCUT2D eigenvalue weighted by molar-refractivity contribution is -0.117. The fourth-order valence-electron chi connectivity index (χ4n) is 2.78. The number of halogens is 2. The largest absolute Gasteiger partial charge is 0.497 e. The van der Waals surface area contributed by atoms with E-state index in [2.05, 4.69) is 4.72 Å². The molecule has 2 aromatic carbocycles. The number of hydrogen-bond acceptors (Lipinski definition) is 4. The Bertz CT molecular complexity index is 950. The van der Waals surface area contributed by atoms with Crippen molar-refractivity contribution in [3.05, 3.63) is 54.1 Å². The van der Waals surface area contributed by atoms with E-state index in [9.17, 15) is 22.0 Å². The number of benzene rings is 2. The highest BCUT2D eigenvalue weighted by Crippen LogP contribution is 2.26. The smallest absolute Gasteiger partial charge is 0.243 e. The number of rotatable bonds is 5. The Morgan fingerprint density at radius 2 is 1.96 bits per heavy atom. The molecule has 0 saturated carbocycles. The second-order valence-corrected chi connectivity index (χ2v) is 7.49. The van der Waals surface area contributed by atoms with Crippen LogP contribution in [-0.2, 0) is 14.8 Å². The second kappa shape index (κ2) is 7.00. The summed E-state index contributed by atoms with van der Waals surface area (Å²) in [5.74, 6) is -1.66.